The third-order valence-corrected chi connectivity index (χ3v) is 5.61. The molecule has 1 unspecified atom stereocenters. The zero-order chi connectivity index (χ0) is 20.6. The molecular formula is C26H38O2. The Labute approximate surface area is 172 Å². The molecule has 0 bridgehead atoms. The minimum atomic E-state index is -0.109. The van der Waals surface area contributed by atoms with Crippen LogP contribution in [0.4, 0.5) is 0 Å². The highest BCUT2D eigenvalue weighted by molar-refractivity contribution is 5.41. The van der Waals surface area contributed by atoms with Gasteiger partial charge in [-0.2, -0.15) is 0 Å². The van der Waals surface area contributed by atoms with Crippen LogP contribution < -0.4 is 4.74 Å². The van der Waals surface area contributed by atoms with Gasteiger partial charge in [0.25, 0.3) is 0 Å². The lowest BCUT2D eigenvalue weighted by atomic mass is 9.88. The monoisotopic (exact) mass is 382 g/mol. The Morgan fingerprint density at radius 2 is 1.64 bits per heavy atom. The van der Waals surface area contributed by atoms with Crippen molar-refractivity contribution in [3.05, 3.63) is 58.7 Å². The summed E-state index contributed by atoms with van der Waals surface area (Å²) >= 11 is 0. The number of aromatic hydroxyl groups is 1. The van der Waals surface area contributed by atoms with Crippen LogP contribution in [0.25, 0.3) is 0 Å². The lowest BCUT2D eigenvalue weighted by Gasteiger charge is -2.35. The summed E-state index contributed by atoms with van der Waals surface area (Å²) in [6, 6.07) is 5.44. The van der Waals surface area contributed by atoms with Crippen molar-refractivity contribution >= 4 is 0 Å². The highest BCUT2D eigenvalue weighted by atomic mass is 16.5. The molecule has 1 heterocycles. The van der Waals surface area contributed by atoms with E-state index in [-0.39, 0.29) is 5.60 Å². The van der Waals surface area contributed by atoms with Gasteiger partial charge < -0.3 is 9.84 Å². The highest BCUT2D eigenvalue weighted by Crippen LogP contribution is 2.37. The maximum absolute atomic E-state index is 9.62. The molecule has 2 nitrogen and oxygen atoms in total. The molecule has 154 valence electrons. The Hall–Kier alpha value is -1.96. The van der Waals surface area contributed by atoms with E-state index in [1.54, 1.807) is 6.07 Å². The van der Waals surface area contributed by atoms with E-state index >= 15 is 0 Å². The molecule has 1 aliphatic rings. The minimum absolute atomic E-state index is 0.109. The summed E-state index contributed by atoms with van der Waals surface area (Å²) in [5, 5.41) is 9.62. The van der Waals surface area contributed by atoms with Crippen LogP contribution in [-0.4, -0.2) is 10.7 Å². The van der Waals surface area contributed by atoms with Gasteiger partial charge in [0.05, 0.1) is 0 Å². The van der Waals surface area contributed by atoms with E-state index in [0.717, 1.165) is 56.3 Å². The zero-order valence-corrected chi connectivity index (χ0v) is 18.5. The van der Waals surface area contributed by atoms with Gasteiger partial charge in [-0.25, -0.2) is 0 Å². The number of aryl methyl sites for hydroxylation is 1. The molecular weight excluding hydrogens is 344 g/mol. The van der Waals surface area contributed by atoms with Crippen molar-refractivity contribution < 1.29 is 9.84 Å². The van der Waals surface area contributed by atoms with Crippen LogP contribution >= 0.6 is 0 Å². The predicted octanol–water partition coefficient (Wildman–Crippen LogP) is 7.68. The van der Waals surface area contributed by atoms with E-state index in [1.807, 2.05) is 12.1 Å². The number of hydrogen-bond acceptors (Lipinski definition) is 2. The van der Waals surface area contributed by atoms with Gasteiger partial charge in [0.2, 0.25) is 0 Å². The van der Waals surface area contributed by atoms with E-state index in [1.165, 1.54) is 23.1 Å². The minimum Gasteiger partial charge on any atom is -0.508 e. The van der Waals surface area contributed by atoms with E-state index in [9.17, 15) is 5.11 Å². The molecule has 1 N–H and O–H groups in total. The first-order valence-corrected chi connectivity index (χ1v) is 10.7. The first-order chi connectivity index (χ1) is 13.3. The Balaban J connectivity index is 1.74. The molecule has 0 radical (unpaired) electrons. The summed E-state index contributed by atoms with van der Waals surface area (Å²) in [5.74, 6) is 1.26. The molecule has 0 amide bonds. The van der Waals surface area contributed by atoms with E-state index in [2.05, 4.69) is 52.8 Å². The smallest absolute Gasteiger partial charge is 0.123 e. The molecule has 1 atom stereocenters. The second-order valence-corrected chi connectivity index (χ2v) is 8.84. The van der Waals surface area contributed by atoms with Gasteiger partial charge >= 0.3 is 0 Å². The van der Waals surface area contributed by atoms with Crippen LogP contribution in [0.15, 0.2) is 53.1 Å². The average molecular weight is 383 g/mol. The fourth-order valence-electron chi connectivity index (χ4n) is 3.72. The Bertz CT molecular complexity index is 735. The maximum atomic E-state index is 9.62. The number of ether oxygens (including phenoxy) is 1. The molecule has 0 aromatic heterocycles. The van der Waals surface area contributed by atoms with Crippen molar-refractivity contribution in [2.75, 3.05) is 0 Å². The molecule has 0 saturated carbocycles. The molecule has 28 heavy (non-hydrogen) atoms. The number of phenolic OH excluding ortho intramolecular Hbond substituents is 1. The number of fused-ring (bicyclic) bond motifs is 1. The van der Waals surface area contributed by atoms with Crippen molar-refractivity contribution in [3.8, 4) is 11.5 Å². The van der Waals surface area contributed by atoms with Crippen molar-refractivity contribution in [1.29, 1.82) is 0 Å². The molecule has 2 heteroatoms. The average Bonchev–Trinajstić information content (AvgIpc) is 2.61. The normalized spacial score (nSPS) is 19.8. The first kappa shape index (κ1) is 22.3. The maximum Gasteiger partial charge on any atom is 0.123 e. The summed E-state index contributed by atoms with van der Waals surface area (Å²) < 4.78 is 6.27. The van der Waals surface area contributed by atoms with Crippen LogP contribution in [0.2, 0.25) is 0 Å². The molecule has 1 aromatic carbocycles. The predicted molar refractivity (Wildman–Crippen MR) is 120 cm³/mol. The van der Waals surface area contributed by atoms with Crippen LogP contribution in [-0.2, 0) is 6.42 Å². The summed E-state index contributed by atoms with van der Waals surface area (Å²) in [5.41, 5.74) is 5.39. The number of benzene rings is 1. The highest BCUT2D eigenvalue weighted by Gasteiger charge is 2.30. The lowest BCUT2D eigenvalue weighted by molar-refractivity contribution is 0.0570. The summed E-state index contributed by atoms with van der Waals surface area (Å²) in [6.07, 6.45) is 15.8. The van der Waals surface area contributed by atoms with E-state index < -0.39 is 0 Å². The Morgan fingerprint density at radius 1 is 1.00 bits per heavy atom. The van der Waals surface area contributed by atoms with Crippen LogP contribution in [0.3, 0.4) is 0 Å². The fourth-order valence-corrected chi connectivity index (χ4v) is 3.72. The van der Waals surface area contributed by atoms with E-state index in [4.69, 9.17) is 4.74 Å². The molecule has 0 saturated heterocycles. The molecule has 0 spiro atoms. The quantitative estimate of drug-likeness (QED) is 0.444. The summed E-state index contributed by atoms with van der Waals surface area (Å²) in [4.78, 5) is 0. The van der Waals surface area contributed by atoms with Gasteiger partial charge in [0.15, 0.2) is 0 Å². The number of hydrogen-bond donors (Lipinski definition) is 1. The van der Waals surface area contributed by atoms with Crippen molar-refractivity contribution in [3.63, 3.8) is 0 Å². The largest absolute Gasteiger partial charge is 0.508 e. The van der Waals surface area contributed by atoms with Gasteiger partial charge in [0, 0.05) is 0 Å². The van der Waals surface area contributed by atoms with Gasteiger partial charge in [-0.15, -0.1) is 0 Å². The van der Waals surface area contributed by atoms with Crippen LogP contribution in [0, 0.1) is 0 Å². The first-order valence-electron chi connectivity index (χ1n) is 10.7. The molecule has 1 aromatic rings. The third kappa shape index (κ3) is 7.58. The standard InChI is InChI=1S/C26H38O2/c1-20(2)9-6-10-21(3)11-7-12-22(4)13-8-17-26(5)18-16-23-19-24(27)14-15-25(23)28-26/h9,11,13-15,19,27H,6-8,10,12,16-18H2,1-5H3/b21-11+,22-13+. The molecule has 0 fully saturated rings. The molecule has 0 aliphatic carbocycles. The van der Waals surface area contributed by atoms with Crippen molar-refractivity contribution in [1.82, 2.24) is 0 Å². The summed E-state index contributed by atoms with van der Waals surface area (Å²) in [6.45, 7) is 11.0. The SMILES string of the molecule is CC(C)=CCC/C(C)=C/CC/C(C)=C/CCC1(C)CCc2cc(O)ccc2O1. The fraction of sp³-hybridized carbons (Fsp3) is 0.538. The Morgan fingerprint density at radius 3 is 2.32 bits per heavy atom. The lowest BCUT2D eigenvalue weighted by Crippen LogP contribution is -2.36. The van der Waals surface area contributed by atoms with Crippen LogP contribution in [0.1, 0.15) is 85.1 Å². The van der Waals surface area contributed by atoms with E-state index in [0.29, 0.717) is 5.75 Å². The van der Waals surface area contributed by atoms with Gasteiger partial charge in [0.1, 0.15) is 17.1 Å². The number of phenols is 1. The van der Waals surface area contributed by atoms with Gasteiger partial charge in [-0.05, 0) is 110 Å². The number of rotatable bonds is 9. The molecule has 2 rings (SSSR count). The van der Waals surface area contributed by atoms with Gasteiger partial charge in [-0.3, -0.25) is 0 Å². The van der Waals surface area contributed by atoms with Crippen molar-refractivity contribution in [2.24, 2.45) is 0 Å². The zero-order valence-electron chi connectivity index (χ0n) is 18.5. The second-order valence-electron chi connectivity index (χ2n) is 8.84. The summed E-state index contributed by atoms with van der Waals surface area (Å²) in [7, 11) is 0. The second kappa shape index (κ2) is 10.5. The third-order valence-electron chi connectivity index (χ3n) is 5.61. The number of allylic oxidation sites excluding steroid dienone is 6. The van der Waals surface area contributed by atoms with Crippen molar-refractivity contribution in [2.45, 2.75) is 91.6 Å². The van der Waals surface area contributed by atoms with Crippen LogP contribution in [0.5, 0.6) is 11.5 Å². The van der Waals surface area contributed by atoms with Gasteiger partial charge in [-0.1, -0.05) is 34.9 Å². The molecule has 1 aliphatic heterocycles. The topological polar surface area (TPSA) is 29.5 Å². The Kier molecular flexibility index (Phi) is 8.41.